The lowest BCUT2D eigenvalue weighted by atomic mass is 10.2. The number of urea groups is 1. The molecule has 1 aliphatic heterocycles. The number of nitrogens with one attached hydrogen (secondary N) is 2. The molecule has 0 bridgehead atoms. The zero-order valence-electron chi connectivity index (χ0n) is 15.3. The number of hydrogen-bond acceptors (Lipinski definition) is 4. The maximum Gasteiger partial charge on any atom is 0.319 e. The van der Waals surface area contributed by atoms with Crippen molar-refractivity contribution >= 4 is 23.3 Å². The van der Waals surface area contributed by atoms with Crippen molar-refractivity contribution in [2.24, 2.45) is 0 Å². The van der Waals surface area contributed by atoms with Crippen LogP contribution < -0.4 is 25.0 Å². The van der Waals surface area contributed by atoms with E-state index in [1.807, 2.05) is 0 Å². The van der Waals surface area contributed by atoms with E-state index in [0.29, 0.717) is 17.2 Å². The quantitative estimate of drug-likeness (QED) is 0.822. The van der Waals surface area contributed by atoms with Gasteiger partial charge in [-0.1, -0.05) is 0 Å². The third kappa shape index (κ3) is 4.13. The molecule has 2 aromatic carbocycles. The minimum Gasteiger partial charge on any atom is -0.493 e. The Morgan fingerprint density at radius 3 is 2.57 bits per heavy atom. The van der Waals surface area contributed by atoms with Gasteiger partial charge in [0.25, 0.3) is 0 Å². The number of hydrogen-bond donors (Lipinski definition) is 2. The van der Waals surface area contributed by atoms with Crippen LogP contribution in [0, 0.1) is 11.6 Å². The molecule has 0 saturated carbocycles. The summed E-state index contributed by atoms with van der Waals surface area (Å²) in [7, 11) is 3.01. The molecule has 3 amide bonds. The van der Waals surface area contributed by atoms with E-state index in [4.69, 9.17) is 9.47 Å². The Bertz CT molecular complexity index is 907. The highest BCUT2D eigenvalue weighted by Gasteiger charge is 2.32. The normalized spacial score (nSPS) is 16.1. The number of carbonyl (C=O) groups excluding carboxylic acids is 2. The minimum atomic E-state index is -0.758. The van der Waals surface area contributed by atoms with Gasteiger partial charge in [0.05, 0.1) is 25.9 Å². The van der Waals surface area contributed by atoms with Crippen LogP contribution in [0.5, 0.6) is 11.5 Å². The summed E-state index contributed by atoms with van der Waals surface area (Å²) in [5.41, 5.74) is 0.321. The second kappa shape index (κ2) is 8.12. The fourth-order valence-corrected chi connectivity index (χ4v) is 2.98. The lowest BCUT2D eigenvalue weighted by Gasteiger charge is -2.19. The van der Waals surface area contributed by atoms with Crippen molar-refractivity contribution in [2.45, 2.75) is 12.5 Å². The zero-order chi connectivity index (χ0) is 20.3. The molecule has 0 aliphatic carbocycles. The molecule has 9 heteroatoms. The van der Waals surface area contributed by atoms with Crippen molar-refractivity contribution in [1.82, 2.24) is 5.32 Å². The standard InChI is InChI=1S/C19H19F2N3O4/c1-27-16-6-4-13(9-17(16)28-2)24-10-12(8-18(24)25)22-19(26)23-15-7-11(20)3-5-14(15)21/h3-7,9,12H,8,10H2,1-2H3,(H2,22,23,26)/t12-/m1/s1. The van der Waals surface area contributed by atoms with Crippen molar-refractivity contribution < 1.29 is 27.8 Å². The summed E-state index contributed by atoms with van der Waals surface area (Å²) < 4.78 is 37.2. The second-order valence-corrected chi connectivity index (χ2v) is 6.17. The summed E-state index contributed by atoms with van der Waals surface area (Å²) in [4.78, 5) is 25.9. The monoisotopic (exact) mass is 391 g/mol. The molecule has 1 atom stereocenters. The molecule has 3 rings (SSSR count). The molecule has 1 heterocycles. The number of benzene rings is 2. The van der Waals surface area contributed by atoms with Gasteiger partial charge in [0, 0.05) is 30.8 Å². The van der Waals surface area contributed by atoms with Crippen molar-refractivity contribution in [3.8, 4) is 11.5 Å². The predicted octanol–water partition coefficient (Wildman–Crippen LogP) is 2.91. The molecule has 0 spiro atoms. The first kappa shape index (κ1) is 19.4. The Morgan fingerprint density at radius 1 is 1.11 bits per heavy atom. The molecule has 0 radical (unpaired) electrons. The smallest absolute Gasteiger partial charge is 0.319 e. The zero-order valence-corrected chi connectivity index (χ0v) is 15.3. The molecule has 148 valence electrons. The van der Waals surface area contributed by atoms with Crippen LogP contribution in [0.1, 0.15) is 6.42 Å². The summed E-state index contributed by atoms with van der Waals surface area (Å²) in [6.07, 6.45) is 0.0768. The van der Waals surface area contributed by atoms with Crippen LogP contribution in [0.15, 0.2) is 36.4 Å². The van der Waals surface area contributed by atoms with Crippen LogP contribution in [-0.2, 0) is 4.79 Å². The highest BCUT2D eigenvalue weighted by atomic mass is 19.1. The van der Waals surface area contributed by atoms with Gasteiger partial charge < -0.3 is 25.0 Å². The lowest BCUT2D eigenvalue weighted by molar-refractivity contribution is -0.117. The van der Waals surface area contributed by atoms with Crippen LogP contribution >= 0.6 is 0 Å². The van der Waals surface area contributed by atoms with E-state index < -0.39 is 23.7 Å². The average Bonchev–Trinajstić information content (AvgIpc) is 3.04. The molecule has 1 saturated heterocycles. The molecule has 0 aromatic heterocycles. The van der Waals surface area contributed by atoms with E-state index in [0.717, 1.165) is 18.2 Å². The first-order chi connectivity index (χ1) is 13.4. The number of halogens is 2. The third-order valence-corrected chi connectivity index (χ3v) is 4.32. The molecular weight excluding hydrogens is 372 g/mol. The molecule has 28 heavy (non-hydrogen) atoms. The van der Waals surface area contributed by atoms with Gasteiger partial charge in [-0.3, -0.25) is 4.79 Å². The molecule has 1 fully saturated rings. The van der Waals surface area contributed by atoms with E-state index in [2.05, 4.69) is 10.6 Å². The minimum absolute atomic E-state index is 0.0768. The summed E-state index contributed by atoms with van der Waals surface area (Å²) in [6, 6.07) is 6.60. The van der Waals surface area contributed by atoms with Gasteiger partial charge in [-0.15, -0.1) is 0 Å². The fourth-order valence-electron chi connectivity index (χ4n) is 2.98. The maximum absolute atomic E-state index is 13.6. The van der Waals surface area contributed by atoms with E-state index >= 15 is 0 Å². The van der Waals surface area contributed by atoms with Crippen LogP contribution in [-0.4, -0.2) is 38.7 Å². The number of nitrogens with zero attached hydrogens (tertiary/aromatic N) is 1. The number of amides is 3. The van der Waals surface area contributed by atoms with Gasteiger partial charge in [0.1, 0.15) is 11.6 Å². The molecule has 7 nitrogen and oxygen atoms in total. The third-order valence-electron chi connectivity index (χ3n) is 4.32. The van der Waals surface area contributed by atoms with Crippen LogP contribution in [0.2, 0.25) is 0 Å². The van der Waals surface area contributed by atoms with Crippen molar-refractivity contribution in [3.05, 3.63) is 48.0 Å². The first-order valence-electron chi connectivity index (χ1n) is 8.46. The van der Waals surface area contributed by atoms with E-state index in [1.165, 1.54) is 19.1 Å². The summed E-state index contributed by atoms with van der Waals surface area (Å²) in [5.74, 6) is -0.611. The summed E-state index contributed by atoms with van der Waals surface area (Å²) in [5, 5.41) is 4.85. The highest BCUT2D eigenvalue weighted by molar-refractivity contribution is 5.98. The van der Waals surface area contributed by atoms with E-state index in [9.17, 15) is 18.4 Å². The number of anilines is 2. The topological polar surface area (TPSA) is 79.9 Å². The van der Waals surface area contributed by atoms with Gasteiger partial charge in [0.15, 0.2) is 11.5 Å². The SMILES string of the molecule is COc1ccc(N2C[C@H](NC(=O)Nc3cc(F)ccc3F)CC2=O)cc1OC. The van der Waals surface area contributed by atoms with Gasteiger partial charge >= 0.3 is 6.03 Å². The summed E-state index contributed by atoms with van der Waals surface area (Å²) >= 11 is 0. The van der Waals surface area contributed by atoms with Gasteiger partial charge in [-0.25, -0.2) is 13.6 Å². The van der Waals surface area contributed by atoms with Crippen molar-refractivity contribution in [2.75, 3.05) is 31.0 Å². The Labute approximate surface area is 160 Å². The fraction of sp³-hybridized carbons (Fsp3) is 0.263. The second-order valence-electron chi connectivity index (χ2n) is 6.17. The van der Waals surface area contributed by atoms with Gasteiger partial charge in [-0.2, -0.15) is 0 Å². The molecule has 1 aliphatic rings. The molecule has 2 aromatic rings. The van der Waals surface area contributed by atoms with Gasteiger partial charge in [0.2, 0.25) is 5.91 Å². The Hall–Kier alpha value is -3.36. The first-order valence-corrected chi connectivity index (χ1v) is 8.46. The van der Waals surface area contributed by atoms with Crippen LogP contribution in [0.4, 0.5) is 25.0 Å². The van der Waals surface area contributed by atoms with Crippen molar-refractivity contribution in [1.29, 1.82) is 0 Å². The average molecular weight is 391 g/mol. The molecule has 0 unspecified atom stereocenters. The van der Waals surface area contributed by atoms with Crippen molar-refractivity contribution in [3.63, 3.8) is 0 Å². The maximum atomic E-state index is 13.6. The largest absolute Gasteiger partial charge is 0.493 e. The molecular formula is C19H19F2N3O4. The van der Waals surface area contributed by atoms with Crippen LogP contribution in [0.3, 0.4) is 0 Å². The lowest BCUT2D eigenvalue weighted by Crippen LogP contribution is -2.39. The Balaban J connectivity index is 1.66. The van der Waals surface area contributed by atoms with E-state index in [-0.39, 0.29) is 24.6 Å². The number of ether oxygens (including phenoxy) is 2. The van der Waals surface area contributed by atoms with Gasteiger partial charge in [-0.05, 0) is 24.3 Å². The Morgan fingerprint density at radius 2 is 1.86 bits per heavy atom. The number of methoxy groups -OCH3 is 2. The number of rotatable bonds is 5. The van der Waals surface area contributed by atoms with E-state index in [1.54, 1.807) is 18.2 Å². The highest BCUT2D eigenvalue weighted by Crippen LogP contribution is 2.33. The molecule has 2 N–H and O–H groups in total. The number of carbonyl (C=O) groups is 2. The van der Waals surface area contributed by atoms with Crippen LogP contribution in [0.25, 0.3) is 0 Å². The predicted molar refractivity (Wildman–Crippen MR) is 98.8 cm³/mol. The Kier molecular flexibility index (Phi) is 5.62. The summed E-state index contributed by atoms with van der Waals surface area (Å²) in [6.45, 7) is 0.230.